The lowest BCUT2D eigenvalue weighted by Crippen LogP contribution is -2.48. The van der Waals surface area contributed by atoms with Gasteiger partial charge in [0.25, 0.3) is 0 Å². The third-order valence-corrected chi connectivity index (χ3v) is 5.22. The van der Waals surface area contributed by atoms with E-state index in [4.69, 9.17) is 4.74 Å². The zero-order chi connectivity index (χ0) is 19.9. The van der Waals surface area contributed by atoms with Gasteiger partial charge in [0.1, 0.15) is 18.0 Å². The van der Waals surface area contributed by atoms with Crippen LogP contribution in [-0.2, 0) is 9.59 Å². The maximum Gasteiger partial charge on any atom is 0.242 e. The Bertz CT molecular complexity index is 789. The first-order chi connectivity index (χ1) is 13.6. The lowest BCUT2D eigenvalue weighted by Gasteiger charge is -2.36. The van der Waals surface area contributed by atoms with Crippen LogP contribution < -0.4 is 9.64 Å². The smallest absolute Gasteiger partial charge is 0.242 e. The van der Waals surface area contributed by atoms with Gasteiger partial charge >= 0.3 is 0 Å². The maximum absolute atomic E-state index is 12.9. The normalized spacial score (nSPS) is 16.5. The van der Waals surface area contributed by atoms with Crippen molar-refractivity contribution in [3.8, 4) is 11.5 Å². The number of benzene rings is 2. The Balaban J connectivity index is 1.69. The predicted molar refractivity (Wildman–Crippen MR) is 111 cm³/mol. The molecule has 5 nitrogen and oxygen atoms in total. The Hall–Kier alpha value is -2.82. The van der Waals surface area contributed by atoms with E-state index in [2.05, 4.69) is 6.92 Å². The molecule has 2 aromatic rings. The molecular weight excluding hydrogens is 352 g/mol. The van der Waals surface area contributed by atoms with Gasteiger partial charge in [0.2, 0.25) is 11.8 Å². The molecule has 1 heterocycles. The SMILES string of the molecule is CCC1CCCCN1C(=O)CN(C(C)=O)c1ccc(Oc2ccccc2)cc1. The summed E-state index contributed by atoms with van der Waals surface area (Å²) in [5.74, 6) is 1.32. The summed E-state index contributed by atoms with van der Waals surface area (Å²) in [6.45, 7) is 4.47. The Labute approximate surface area is 166 Å². The highest BCUT2D eigenvalue weighted by molar-refractivity contribution is 5.97. The van der Waals surface area contributed by atoms with Gasteiger partial charge in [-0.2, -0.15) is 0 Å². The van der Waals surface area contributed by atoms with Crippen LogP contribution in [0, 0.1) is 0 Å². The molecule has 0 aromatic heterocycles. The molecule has 2 amide bonds. The summed E-state index contributed by atoms with van der Waals surface area (Å²) >= 11 is 0. The van der Waals surface area contributed by atoms with Crippen LogP contribution in [0.5, 0.6) is 11.5 Å². The molecule has 1 aliphatic rings. The molecular formula is C23H28N2O3. The number of nitrogens with zero attached hydrogens (tertiary/aromatic N) is 2. The number of hydrogen-bond acceptors (Lipinski definition) is 3. The number of ether oxygens (including phenoxy) is 1. The molecule has 0 spiro atoms. The maximum atomic E-state index is 12.9. The van der Waals surface area contributed by atoms with E-state index < -0.39 is 0 Å². The number of rotatable bonds is 6. The summed E-state index contributed by atoms with van der Waals surface area (Å²) in [6.07, 6.45) is 4.21. The highest BCUT2D eigenvalue weighted by atomic mass is 16.5. The minimum Gasteiger partial charge on any atom is -0.457 e. The van der Waals surface area contributed by atoms with E-state index in [9.17, 15) is 9.59 Å². The number of likely N-dealkylation sites (tertiary alicyclic amines) is 1. The first-order valence-electron chi connectivity index (χ1n) is 9.99. The van der Waals surface area contributed by atoms with Crippen LogP contribution in [0.1, 0.15) is 39.5 Å². The van der Waals surface area contributed by atoms with Crippen LogP contribution in [-0.4, -0.2) is 35.8 Å². The van der Waals surface area contributed by atoms with Crippen LogP contribution in [0.25, 0.3) is 0 Å². The van der Waals surface area contributed by atoms with Crippen molar-refractivity contribution in [2.75, 3.05) is 18.0 Å². The molecule has 1 atom stereocenters. The van der Waals surface area contributed by atoms with E-state index in [1.165, 1.54) is 18.2 Å². The predicted octanol–water partition coefficient (Wildman–Crippen LogP) is 4.62. The van der Waals surface area contributed by atoms with E-state index in [0.717, 1.165) is 31.6 Å². The molecule has 0 radical (unpaired) electrons. The minimum atomic E-state index is -0.143. The topological polar surface area (TPSA) is 49.9 Å². The lowest BCUT2D eigenvalue weighted by atomic mass is 10.00. The summed E-state index contributed by atoms with van der Waals surface area (Å²) in [6, 6.07) is 17.1. The fraction of sp³-hybridized carbons (Fsp3) is 0.391. The summed E-state index contributed by atoms with van der Waals surface area (Å²) in [5, 5.41) is 0. The molecule has 0 saturated carbocycles. The second-order valence-corrected chi connectivity index (χ2v) is 7.16. The van der Waals surface area contributed by atoms with E-state index in [-0.39, 0.29) is 24.4 Å². The molecule has 1 unspecified atom stereocenters. The van der Waals surface area contributed by atoms with E-state index >= 15 is 0 Å². The van der Waals surface area contributed by atoms with Gasteiger partial charge in [0.15, 0.2) is 0 Å². The molecule has 0 N–H and O–H groups in total. The number of carbonyl (C=O) groups is 2. The van der Waals surface area contributed by atoms with Gasteiger partial charge in [-0.05, 0) is 62.1 Å². The van der Waals surface area contributed by atoms with Crippen molar-refractivity contribution < 1.29 is 14.3 Å². The highest BCUT2D eigenvalue weighted by Gasteiger charge is 2.27. The van der Waals surface area contributed by atoms with Crippen LogP contribution in [0.4, 0.5) is 5.69 Å². The number of amides is 2. The monoisotopic (exact) mass is 380 g/mol. The Morgan fingerprint density at radius 1 is 1.04 bits per heavy atom. The summed E-state index contributed by atoms with van der Waals surface area (Å²) < 4.78 is 5.80. The minimum absolute atomic E-state index is 0.0198. The fourth-order valence-corrected chi connectivity index (χ4v) is 3.68. The van der Waals surface area contributed by atoms with Gasteiger partial charge in [-0.15, -0.1) is 0 Å². The Morgan fingerprint density at radius 2 is 1.71 bits per heavy atom. The van der Waals surface area contributed by atoms with Gasteiger partial charge in [-0.25, -0.2) is 0 Å². The summed E-state index contributed by atoms with van der Waals surface area (Å²) in [5.41, 5.74) is 0.700. The van der Waals surface area contributed by atoms with Crippen molar-refractivity contribution in [3.63, 3.8) is 0 Å². The fourth-order valence-electron chi connectivity index (χ4n) is 3.68. The van der Waals surface area contributed by atoms with Crippen LogP contribution in [0.3, 0.4) is 0 Å². The van der Waals surface area contributed by atoms with E-state index in [1.54, 1.807) is 0 Å². The third kappa shape index (κ3) is 4.91. The second-order valence-electron chi connectivity index (χ2n) is 7.16. The van der Waals surface area contributed by atoms with Gasteiger partial charge in [-0.1, -0.05) is 25.1 Å². The molecule has 28 heavy (non-hydrogen) atoms. The van der Waals surface area contributed by atoms with Gasteiger partial charge in [0.05, 0.1) is 0 Å². The average Bonchev–Trinajstić information content (AvgIpc) is 2.73. The van der Waals surface area contributed by atoms with Crippen molar-refractivity contribution in [1.82, 2.24) is 4.90 Å². The second kappa shape index (κ2) is 9.40. The van der Waals surface area contributed by atoms with E-state index in [1.807, 2.05) is 59.5 Å². The largest absolute Gasteiger partial charge is 0.457 e. The molecule has 1 aliphatic heterocycles. The van der Waals surface area contributed by atoms with Crippen molar-refractivity contribution in [1.29, 1.82) is 0 Å². The average molecular weight is 380 g/mol. The number of piperidine rings is 1. The molecule has 5 heteroatoms. The first-order valence-corrected chi connectivity index (χ1v) is 9.99. The molecule has 0 aliphatic carbocycles. The van der Waals surface area contributed by atoms with Crippen molar-refractivity contribution in [2.45, 2.75) is 45.6 Å². The Kier molecular flexibility index (Phi) is 6.69. The zero-order valence-electron chi connectivity index (χ0n) is 16.6. The molecule has 1 saturated heterocycles. The van der Waals surface area contributed by atoms with Gasteiger partial charge < -0.3 is 14.5 Å². The van der Waals surface area contributed by atoms with Gasteiger partial charge in [-0.3, -0.25) is 9.59 Å². The van der Waals surface area contributed by atoms with Crippen LogP contribution >= 0.6 is 0 Å². The number of para-hydroxylation sites is 1. The molecule has 148 valence electrons. The van der Waals surface area contributed by atoms with E-state index in [0.29, 0.717) is 11.4 Å². The number of carbonyl (C=O) groups excluding carboxylic acids is 2. The Morgan fingerprint density at radius 3 is 2.36 bits per heavy atom. The standard InChI is InChI=1S/C23H28N2O3/c1-3-19-9-7-8-16-24(19)23(27)17-25(18(2)26)20-12-14-22(15-13-20)28-21-10-5-4-6-11-21/h4-6,10-15,19H,3,7-9,16-17H2,1-2H3. The van der Waals surface area contributed by atoms with Crippen molar-refractivity contribution >= 4 is 17.5 Å². The number of anilines is 1. The van der Waals surface area contributed by atoms with Gasteiger partial charge in [0, 0.05) is 25.2 Å². The molecule has 0 bridgehead atoms. The quantitative estimate of drug-likeness (QED) is 0.734. The highest BCUT2D eigenvalue weighted by Crippen LogP contribution is 2.25. The zero-order valence-corrected chi connectivity index (χ0v) is 16.6. The lowest BCUT2D eigenvalue weighted by molar-refractivity contribution is -0.134. The van der Waals surface area contributed by atoms with Crippen LogP contribution in [0.2, 0.25) is 0 Å². The third-order valence-electron chi connectivity index (χ3n) is 5.22. The van der Waals surface area contributed by atoms with Crippen LogP contribution in [0.15, 0.2) is 54.6 Å². The first kappa shape index (κ1) is 19.9. The molecule has 2 aromatic carbocycles. The molecule has 1 fully saturated rings. The summed E-state index contributed by atoms with van der Waals surface area (Å²) in [4.78, 5) is 28.6. The number of hydrogen-bond donors (Lipinski definition) is 0. The van der Waals surface area contributed by atoms with Crippen molar-refractivity contribution in [3.05, 3.63) is 54.6 Å². The summed E-state index contributed by atoms with van der Waals surface area (Å²) in [7, 11) is 0. The molecule has 3 rings (SSSR count). The van der Waals surface area contributed by atoms with Crippen molar-refractivity contribution in [2.24, 2.45) is 0 Å².